The average Bonchev–Trinajstić information content (AvgIpc) is 2.88. The fourth-order valence-electron chi connectivity index (χ4n) is 1.32. The van der Waals surface area contributed by atoms with Crippen LogP contribution in [0.25, 0.3) is 0 Å². The molecule has 18 heavy (non-hydrogen) atoms. The third kappa shape index (κ3) is 3.24. The van der Waals surface area contributed by atoms with Crippen LogP contribution in [0.3, 0.4) is 0 Å². The van der Waals surface area contributed by atoms with Gasteiger partial charge >= 0.3 is 0 Å². The van der Waals surface area contributed by atoms with Crippen LogP contribution in [0.5, 0.6) is 5.75 Å². The highest BCUT2D eigenvalue weighted by molar-refractivity contribution is 5.77. The van der Waals surface area contributed by atoms with Gasteiger partial charge in [-0.15, -0.1) is 0 Å². The zero-order valence-electron chi connectivity index (χ0n) is 9.63. The van der Waals surface area contributed by atoms with E-state index in [1.807, 2.05) is 0 Å². The molecule has 2 aromatic rings. The molecule has 0 aliphatic heterocycles. The molecule has 94 valence electrons. The predicted octanol–water partition coefficient (Wildman–Crippen LogP) is 0.952. The molecule has 0 atom stereocenters. The zero-order chi connectivity index (χ0) is 12.8. The third-order valence-corrected chi connectivity index (χ3v) is 2.24. The molecule has 0 fully saturated rings. The number of nitrogens with one attached hydrogen (secondary N) is 1. The summed E-state index contributed by atoms with van der Waals surface area (Å²) in [5, 5.41) is 6.32. The highest BCUT2D eigenvalue weighted by atomic mass is 16.5. The van der Waals surface area contributed by atoms with Crippen LogP contribution in [0.1, 0.15) is 5.69 Å². The minimum Gasteiger partial charge on any atom is -0.482 e. The molecular formula is C12H13N3O3. The molecule has 0 saturated heterocycles. The fourth-order valence-corrected chi connectivity index (χ4v) is 1.32. The molecule has 2 rings (SSSR count). The number of amides is 1. The van der Waals surface area contributed by atoms with E-state index >= 15 is 0 Å². The van der Waals surface area contributed by atoms with Crippen molar-refractivity contribution >= 4 is 11.6 Å². The first kappa shape index (κ1) is 12.0. The van der Waals surface area contributed by atoms with Gasteiger partial charge in [-0.05, 0) is 12.1 Å². The van der Waals surface area contributed by atoms with Crippen molar-refractivity contribution in [2.75, 3.05) is 12.3 Å². The van der Waals surface area contributed by atoms with Gasteiger partial charge in [-0.25, -0.2) is 0 Å². The summed E-state index contributed by atoms with van der Waals surface area (Å²) in [5.41, 5.74) is 6.84. The summed E-state index contributed by atoms with van der Waals surface area (Å²) < 4.78 is 9.93. The standard InChI is InChI=1S/C12H13N3O3/c13-10-3-1-2-4-11(10)17-8-12(16)14-7-9-5-6-18-15-9/h1-6H,7-8,13H2,(H,14,16). The number of nitrogen functional groups attached to an aromatic ring is 1. The molecule has 1 heterocycles. The fraction of sp³-hybridized carbons (Fsp3) is 0.167. The maximum atomic E-state index is 11.5. The van der Waals surface area contributed by atoms with E-state index in [1.165, 1.54) is 6.26 Å². The van der Waals surface area contributed by atoms with E-state index in [4.69, 9.17) is 10.5 Å². The summed E-state index contributed by atoms with van der Waals surface area (Å²) in [7, 11) is 0. The molecule has 0 saturated carbocycles. The normalized spacial score (nSPS) is 10.0. The first-order chi connectivity index (χ1) is 8.75. The Morgan fingerprint density at radius 3 is 2.94 bits per heavy atom. The van der Waals surface area contributed by atoms with E-state index in [0.29, 0.717) is 23.7 Å². The Kier molecular flexibility index (Phi) is 3.80. The van der Waals surface area contributed by atoms with Crippen LogP contribution in [-0.2, 0) is 11.3 Å². The molecule has 0 aliphatic rings. The molecule has 0 spiro atoms. The first-order valence-electron chi connectivity index (χ1n) is 5.39. The average molecular weight is 247 g/mol. The smallest absolute Gasteiger partial charge is 0.258 e. The third-order valence-electron chi connectivity index (χ3n) is 2.24. The highest BCUT2D eigenvalue weighted by Gasteiger charge is 2.05. The minimum absolute atomic E-state index is 0.0912. The van der Waals surface area contributed by atoms with Crippen LogP contribution in [0.2, 0.25) is 0 Å². The largest absolute Gasteiger partial charge is 0.482 e. The lowest BCUT2D eigenvalue weighted by Gasteiger charge is -2.08. The zero-order valence-corrected chi connectivity index (χ0v) is 9.63. The summed E-state index contributed by atoms with van der Waals surface area (Å²) in [5.74, 6) is 0.246. The molecule has 3 N–H and O–H groups in total. The summed E-state index contributed by atoms with van der Waals surface area (Å²) in [6.45, 7) is 0.217. The molecular weight excluding hydrogens is 234 g/mol. The van der Waals surface area contributed by atoms with Crippen LogP contribution in [0.4, 0.5) is 5.69 Å². The molecule has 0 radical (unpaired) electrons. The second-order valence-electron chi connectivity index (χ2n) is 3.59. The lowest BCUT2D eigenvalue weighted by Crippen LogP contribution is -2.28. The van der Waals surface area contributed by atoms with Crippen LogP contribution in [-0.4, -0.2) is 17.7 Å². The van der Waals surface area contributed by atoms with Gasteiger partial charge in [-0.2, -0.15) is 0 Å². The van der Waals surface area contributed by atoms with Crippen molar-refractivity contribution in [1.29, 1.82) is 0 Å². The molecule has 1 amide bonds. The number of anilines is 1. The lowest BCUT2D eigenvalue weighted by molar-refractivity contribution is -0.123. The Balaban J connectivity index is 1.77. The van der Waals surface area contributed by atoms with Crippen molar-refractivity contribution in [3.63, 3.8) is 0 Å². The highest BCUT2D eigenvalue weighted by Crippen LogP contribution is 2.19. The molecule has 6 nitrogen and oxygen atoms in total. The Hall–Kier alpha value is -2.50. The molecule has 1 aromatic heterocycles. The molecule has 6 heteroatoms. The maximum Gasteiger partial charge on any atom is 0.258 e. The summed E-state index contributed by atoms with van der Waals surface area (Å²) >= 11 is 0. The molecule has 0 bridgehead atoms. The summed E-state index contributed by atoms with van der Waals surface area (Å²) in [6.07, 6.45) is 1.45. The molecule has 1 aromatic carbocycles. The maximum absolute atomic E-state index is 11.5. The second kappa shape index (κ2) is 5.72. The lowest BCUT2D eigenvalue weighted by atomic mass is 10.3. The molecule has 0 unspecified atom stereocenters. The number of nitrogens with two attached hydrogens (primary N) is 1. The van der Waals surface area contributed by atoms with Crippen molar-refractivity contribution in [3.05, 3.63) is 42.3 Å². The van der Waals surface area contributed by atoms with E-state index in [2.05, 4.69) is 15.0 Å². The van der Waals surface area contributed by atoms with E-state index in [1.54, 1.807) is 30.3 Å². The second-order valence-corrected chi connectivity index (χ2v) is 3.59. The van der Waals surface area contributed by atoms with E-state index < -0.39 is 0 Å². The number of aromatic nitrogens is 1. The van der Waals surface area contributed by atoms with Gasteiger partial charge < -0.3 is 20.3 Å². The Labute approximate surface area is 104 Å². The van der Waals surface area contributed by atoms with Gasteiger partial charge in [0, 0.05) is 6.07 Å². The number of hydrogen-bond acceptors (Lipinski definition) is 5. The number of benzene rings is 1. The van der Waals surface area contributed by atoms with Crippen molar-refractivity contribution in [2.24, 2.45) is 0 Å². The van der Waals surface area contributed by atoms with Gasteiger partial charge in [0.2, 0.25) is 0 Å². The monoisotopic (exact) mass is 247 g/mol. The van der Waals surface area contributed by atoms with Crippen LogP contribution >= 0.6 is 0 Å². The quantitative estimate of drug-likeness (QED) is 0.768. The van der Waals surface area contributed by atoms with Gasteiger partial charge in [0.15, 0.2) is 6.61 Å². The van der Waals surface area contributed by atoms with Gasteiger partial charge in [0.05, 0.1) is 12.2 Å². The SMILES string of the molecule is Nc1ccccc1OCC(=O)NCc1ccon1. The van der Waals surface area contributed by atoms with Crippen molar-refractivity contribution < 1.29 is 14.1 Å². The van der Waals surface area contributed by atoms with E-state index in [-0.39, 0.29) is 12.5 Å². The number of carbonyl (C=O) groups excluding carboxylic acids is 1. The van der Waals surface area contributed by atoms with Crippen molar-refractivity contribution in [2.45, 2.75) is 6.54 Å². The Morgan fingerprint density at radius 1 is 1.39 bits per heavy atom. The van der Waals surface area contributed by atoms with Gasteiger partial charge in [-0.3, -0.25) is 4.79 Å². The van der Waals surface area contributed by atoms with E-state index in [9.17, 15) is 4.79 Å². The van der Waals surface area contributed by atoms with Crippen LogP contribution < -0.4 is 15.8 Å². The number of ether oxygens (including phenoxy) is 1. The molecule has 0 aliphatic carbocycles. The van der Waals surface area contributed by atoms with Gasteiger partial charge in [-0.1, -0.05) is 17.3 Å². The van der Waals surface area contributed by atoms with Crippen LogP contribution in [0.15, 0.2) is 41.1 Å². The van der Waals surface area contributed by atoms with E-state index in [0.717, 1.165) is 0 Å². The minimum atomic E-state index is -0.249. The van der Waals surface area contributed by atoms with Crippen molar-refractivity contribution in [1.82, 2.24) is 10.5 Å². The Morgan fingerprint density at radius 2 is 2.22 bits per heavy atom. The number of rotatable bonds is 5. The van der Waals surface area contributed by atoms with Crippen LogP contribution in [0, 0.1) is 0 Å². The number of carbonyl (C=O) groups is 1. The number of hydrogen-bond donors (Lipinski definition) is 2. The van der Waals surface area contributed by atoms with Gasteiger partial charge in [0.1, 0.15) is 17.7 Å². The van der Waals surface area contributed by atoms with Crippen molar-refractivity contribution in [3.8, 4) is 5.75 Å². The first-order valence-corrected chi connectivity index (χ1v) is 5.39. The Bertz CT molecular complexity index is 511. The number of para-hydroxylation sites is 2. The number of nitrogens with zero attached hydrogens (tertiary/aromatic N) is 1. The van der Waals surface area contributed by atoms with Gasteiger partial charge in [0.25, 0.3) is 5.91 Å². The summed E-state index contributed by atoms with van der Waals surface area (Å²) in [4.78, 5) is 11.5. The summed E-state index contributed by atoms with van der Waals surface area (Å²) in [6, 6.07) is 8.69. The topological polar surface area (TPSA) is 90.4 Å². The predicted molar refractivity (Wildman–Crippen MR) is 64.7 cm³/mol.